The summed E-state index contributed by atoms with van der Waals surface area (Å²) in [6, 6.07) is 0. The highest BCUT2D eigenvalue weighted by molar-refractivity contribution is 14.1. The van der Waals surface area contributed by atoms with Crippen LogP contribution in [0.25, 0.3) is 0 Å². The van der Waals surface area contributed by atoms with E-state index in [0.29, 0.717) is 0 Å². The molecule has 0 N–H and O–H groups in total. The number of rotatable bonds is 0. The predicted octanol–water partition coefficient (Wildman–Crippen LogP) is 3.30. The zero-order chi connectivity index (χ0) is 7.84. The van der Waals surface area contributed by atoms with Gasteiger partial charge in [0.25, 0.3) is 0 Å². The molecular weight excluding hydrogens is 267 g/mol. The van der Waals surface area contributed by atoms with Crippen LogP contribution in [0, 0.1) is 11.8 Å². The van der Waals surface area contributed by atoms with Crippen molar-refractivity contribution in [2.75, 3.05) is 0 Å². The molecule has 0 saturated heterocycles. The second-order valence-corrected chi connectivity index (χ2v) is 6.65. The Labute approximate surface area is 88.1 Å². The third-order valence-corrected chi connectivity index (χ3v) is 4.49. The first-order valence-corrected chi connectivity index (χ1v) is 6.32. The molecule has 2 aliphatic carbocycles. The molecule has 0 radical (unpaired) electrons. The van der Waals surface area contributed by atoms with Crippen LogP contribution < -0.4 is 0 Å². The first-order valence-electron chi connectivity index (χ1n) is 4.56. The van der Waals surface area contributed by atoms with E-state index in [1.807, 2.05) is 0 Å². The van der Waals surface area contributed by atoms with Gasteiger partial charge in [-0.25, -0.2) is 0 Å². The van der Waals surface area contributed by atoms with Crippen molar-refractivity contribution in [1.82, 2.24) is 0 Å². The van der Waals surface area contributed by atoms with Gasteiger partial charge < -0.3 is 0 Å². The summed E-state index contributed by atoms with van der Waals surface area (Å²) in [5, 5.41) is 0.725. The molecule has 0 aromatic heterocycles. The summed E-state index contributed by atoms with van der Waals surface area (Å²) in [6.07, 6.45) is 7.22. The van der Waals surface area contributed by atoms with E-state index in [1.54, 1.807) is 0 Å². The van der Waals surface area contributed by atoms with Crippen LogP contribution in [0.15, 0.2) is 0 Å². The SMILES string of the molecule is SC1CC2CC(I)CC(C1)C2. The highest BCUT2D eigenvalue weighted by Gasteiger charge is 2.33. The summed E-state index contributed by atoms with van der Waals surface area (Å²) in [7, 11) is 0. The summed E-state index contributed by atoms with van der Waals surface area (Å²) in [5.74, 6) is 2.04. The Hall–Kier alpha value is 1.08. The van der Waals surface area contributed by atoms with Crippen LogP contribution in [0.1, 0.15) is 32.1 Å². The van der Waals surface area contributed by atoms with Crippen LogP contribution in [-0.2, 0) is 0 Å². The number of hydrogen-bond acceptors (Lipinski definition) is 1. The minimum atomic E-state index is 0.725. The molecule has 0 amide bonds. The topological polar surface area (TPSA) is 0 Å². The van der Waals surface area contributed by atoms with Crippen molar-refractivity contribution in [2.24, 2.45) is 11.8 Å². The summed E-state index contributed by atoms with van der Waals surface area (Å²) in [6.45, 7) is 0. The summed E-state index contributed by atoms with van der Waals surface area (Å²) >= 11 is 7.22. The van der Waals surface area contributed by atoms with Gasteiger partial charge in [-0.3, -0.25) is 0 Å². The summed E-state index contributed by atoms with van der Waals surface area (Å²) in [4.78, 5) is 0. The third kappa shape index (κ3) is 2.06. The van der Waals surface area contributed by atoms with Crippen molar-refractivity contribution >= 4 is 35.2 Å². The molecule has 0 aliphatic heterocycles. The van der Waals surface area contributed by atoms with Crippen molar-refractivity contribution in [2.45, 2.75) is 41.3 Å². The van der Waals surface area contributed by atoms with Crippen LogP contribution in [0.2, 0.25) is 0 Å². The largest absolute Gasteiger partial charge is 0.176 e. The van der Waals surface area contributed by atoms with Crippen molar-refractivity contribution in [3.63, 3.8) is 0 Å². The van der Waals surface area contributed by atoms with Crippen molar-refractivity contribution in [3.8, 4) is 0 Å². The van der Waals surface area contributed by atoms with Crippen molar-refractivity contribution in [1.29, 1.82) is 0 Å². The molecule has 2 fully saturated rings. The van der Waals surface area contributed by atoms with E-state index >= 15 is 0 Å². The molecule has 2 atom stereocenters. The zero-order valence-electron chi connectivity index (χ0n) is 6.67. The van der Waals surface area contributed by atoms with E-state index in [-0.39, 0.29) is 0 Å². The van der Waals surface area contributed by atoms with Crippen LogP contribution in [0.5, 0.6) is 0 Å². The molecule has 0 aromatic carbocycles. The molecule has 2 bridgehead atoms. The average Bonchev–Trinajstić information content (AvgIpc) is 1.82. The highest BCUT2D eigenvalue weighted by Crippen LogP contribution is 2.43. The lowest BCUT2D eigenvalue weighted by Crippen LogP contribution is -2.31. The maximum Gasteiger partial charge on any atom is 0.0115 e. The van der Waals surface area contributed by atoms with Gasteiger partial charge in [0.05, 0.1) is 0 Å². The molecule has 2 unspecified atom stereocenters. The Morgan fingerprint density at radius 2 is 1.45 bits per heavy atom. The van der Waals surface area contributed by atoms with Crippen molar-refractivity contribution < 1.29 is 0 Å². The number of thiol groups is 1. The van der Waals surface area contributed by atoms with Crippen LogP contribution in [0.4, 0.5) is 0 Å². The molecule has 0 heterocycles. The molecule has 0 nitrogen and oxygen atoms in total. The van der Waals surface area contributed by atoms with E-state index < -0.39 is 0 Å². The summed E-state index contributed by atoms with van der Waals surface area (Å²) in [5.41, 5.74) is 0. The number of alkyl halides is 1. The molecule has 2 heteroatoms. The molecule has 2 saturated carbocycles. The normalized spacial score (nSPS) is 50.7. The predicted molar refractivity (Wildman–Crippen MR) is 60.6 cm³/mol. The Kier molecular flexibility index (Phi) is 2.71. The quantitative estimate of drug-likeness (QED) is 0.393. The van der Waals surface area contributed by atoms with E-state index in [0.717, 1.165) is 21.0 Å². The smallest absolute Gasteiger partial charge is 0.0115 e. The lowest BCUT2D eigenvalue weighted by molar-refractivity contribution is 0.206. The van der Waals surface area contributed by atoms with Crippen LogP contribution in [0.3, 0.4) is 0 Å². The standard InChI is InChI=1S/C9H15IS/c10-8-2-6-1-7(3-8)5-9(11)4-6/h6-9,11H,1-5H2. The lowest BCUT2D eigenvalue weighted by Gasteiger charge is -2.39. The van der Waals surface area contributed by atoms with Gasteiger partial charge in [0.2, 0.25) is 0 Å². The lowest BCUT2D eigenvalue weighted by atomic mass is 9.72. The van der Waals surface area contributed by atoms with Gasteiger partial charge in [-0.05, 0) is 43.9 Å². The number of fused-ring (bicyclic) bond motifs is 2. The zero-order valence-corrected chi connectivity index (χ0v) is 9.72. The molecule has 2 rings (SSSR count). The Morgan fingerprint density at radius 1 is 0.909 bits per heavy atom. The monoisotopic (exact) mass is 282 g/mol. The molecule has 2 aliphatic rings. The van der Waals surface area contributed by atoms with E-state index in [1.165, 1.54) is 32.1 Å². The maximum absolute atomic E-state index is 4.59. The first kappa shape index (κ1) is 8.67. The van der Waals surface area contributed by atoms with E-state index in [4.69, 9.17) is 0 Å². The van der Waals surface area contributed by atoms with Crippen LogP contribution in [-0.4, -0.2) is 9.17 Å². The second-order valence-electron chi connectivity index (χ2n) is 4.16. The van der Waals surface area contributed by atoms with Gasteiger partial charge in [0.15, 0.2) is 0 Å². The van der Waals surface area contributed by atoms with Gasteiger partial charge in [-0.1, -0.05) is 22.6 Å². The minimum absolute atomic E-state index is 0.725. The molecule has 0 spiro atoms. The van der Waals surface area contributed by atoms with Gasteiger partial charge in [0.1, 0.15) is 0 Å². The fraction of sp³-hybridized carbons (Fsp3) is 1.00. The molecule has 0 aromatic rings. The molecular formula is C9H15IS. The van der Waals surface area contributed by atoms with Crippen molar-refractivity contribution in [3.05, 3.63) is 0 Å². The Bertz CT molecular complexity index is 115. The second kappa shape index (κ2) is 3.44. The first-order chi connectivity index (χ1) is 5.24. The maximum atomic E-state index is 4.59. The average molecular weight is 282 g/mol. The highest BCUT2D eigenvalue weighted by atomic mass is 127. The Morgan fingerprint density at radius 3 is 2.00 bits per heavy atom. The van der Waals surface area contributed by atoms with Gasteiger partial charge in [-0.2, -0.15) is 12.6 Å². The van der Waals surface area contributed by atoms with E-state index in [2.05, 4.69) is 35.2 Å². The fourth-order valence-corrected chi connectivity index (χ4v) is 4.77. The third-order valence-electron chi connectivity index (χ3n) is 3.06. The Balaban J connectivity index is 2.00. The van der Waals surface area contributed by atoms with Gasteiger partial charge in [0, 0.05) is 9.17 Å². The van der Waals surface area contributed by atoms with Gasteiger partial charge >= 0.3 is 0 Å². The number of hydrogen-bond donors (Lipinski definition) is 1. The minimum Gasteiger partial charge on any atom is -0.176 e. The molecule has 64 valence electrons. The van der Waals surface area contributed by atoms with Gasteiger partial charge in [-0.15, -0.1) is 0 Å². The molecule has 11 heavy (non-hydrogen) atoms. The van der Waals surface area contributed by atoms with E-state index in [9.17, 15) is 0 Å². The van der Waals surface area contributed by atoms with Crippen LogP contribution >= 0.6 is 35.2 Å². The summed E-state index contributed by atoms with van der Waals surface area (Å²) < 4.78 is 0.970. The fourth-order valence-electron chi connectivity index (χ4n) is 2.73. The number of halogens is 1.